The van der Waals surface area contributed by atoms with Gasteiger partial charge in [-0.15, -0.1) is 0 Å². The van der Waals surface area contributed by atoms with E-state index in [-0.39, 0.29) is 44.3 Å². The fraction of sp³-hybridized carbons (Fsp3) is 0. The Kier molecular flexibility index (Phi) is 2.56. The van der Waals surface area contributed by atoms with Crippen molar-refractivity contribution in [1.82, 2.24) is 0 Å². The van der Waals surface area contributed by atoms with E-state index < -0.39 is 84.3 Å². The minimum absolute atomic E-state index is 0.0536. The summed E-state index contributed by atoms with van der Waals surface area (Å²) in [4.78, 5) is 0. The van der Waals surface area contributed by atoms with Gasteiger partial charge in [0, 0.05) is 21.7 Å². The van der Waals surface area contributed by atoms with Crippen LogP contribution in [0, 0.1) is 0 Å². The van der Waals surface area contributed by atoms with Gasteiger partial charge in [0.15, 0.2) is 0 Å². The van der Waals surface area contributed by atoms with Gasteiger partial charge in [-0.1, -0.05) is 103 Å². The average molecular weight is 524 g/mol. The van der Waals surface area contributed by atoms with Gasteiger partial charge in [0.05, 0.1) is 17.8 Å². The van der Waals surface area contributed by atoms with Gasteiger partial charge in [-0.2, -0.15) is 0 Å². The number of para-hydroxylation sites is 1. The van der Waals surface area contributed by atoms with Crippen molar-refractivity contribution < 1.29 is 27.0 Å². The highest BCUT2D eigenvalue weighted by Crippen LogP contribution is 2.50. The van der Waals surface area contributed by atoms with Crippen LogP contribution in [0.15, 0.2) is 138 Å². The molecule has 7 aromatic carbocycles. The van der Waals surface area contributed by atoms with Gasteiger partial charge in [-0.3, -0.25) is 0 Å². The summed E-state index contributed by atoms with van der Waals surface area (Å²) in [5, 5.41) is 2.61. The lowest BCUT2D eigenvalue weighted by Gasteiger charge is -2.23. The highest BCUT2D eigenvalue weighted by molar-refractivity contribution is 6.17. The molecule has 0 fully saturated rings. The molecule has 2 heteroatoms. The molecular weight excluding hydrogens is 488 g/mol. The quantitative estimate of drug-likeness (QED) is 0.225. The summed E-state index contributed by atoms with van der Waals surface area (Å²) in [6.45, 7) is 0. The van der Waals surface area contributed by atoms with E-state index in [1.807, 2.05) is 36.4 Å². The second-order valence-electron chi connectivity index (χ2n) is 9.49. The SMILES string of the molecule is [2H]c1c([2H])c([2H])c2c(c1[2H])Oc1c([2H])c([2H])c(-c3c([2H])c([2H])c([2H])c([2H])c3-c3cccc4oc5cc6ccccc6cc5c34)c3c([2H])c([2H])c([2H])c-2c13. The fourth-order valence-electron chi connectivity index (χ4n) is 5.59. The maximum Gasteiger partial charge on any atom is 0.136 e. The third-order valence-corrected chi connectivity index (χ3v) is 7.33. The number of rotatable bonds is 2. The molecule has 186 valence electrons. The van der Waals surface area contributed by atoms with E-state index in [1.165, 1.54) is 0 Å². The average Bonchev–Trinajstić information content (AvgIpc) is 3.52. The van der Waals surface area contributed by atoms with Gasteiger partial charge >= 0.3 is 0 Å². The first-order chi connectivity index (χ1) is 25.2. The Morgan fingerprint density at radius 2 is 1.20 bits per heavy atom. The van der Waals surface area contributed by atoms with Crippen LogP contribution >= 0.6 is 0 Å². The van der Waals surface area contributed by atoms with Crippen molar-refractivity contribution in [3.63, 3.8) is 0 Å². The maximum absolute atomic E-state index is 9.35. The smallest absolute Gasteiger partial charge is 0.136 e. The molecular formula is C38H22O2. The highest BCUT2D eigenvalue weighted by atomic mass is 16.5. The molecule has 1 aliphatic heterocycles. The summed E-state index contributed by atoms with van der Waals surface area (Å²) >= 11 is 0. The molecule has 0 bridgehead atoms. The van der Waals surface area contributed by atoms with Crippen molar-refractivity contribution in [2.75, 3.05) is 0 Å². The van der Waals surface area contributed by atoms with Crippen LogP contribution in [0.25, 0.3) is 76.9 Å². The summed E-state index contributed by atoms with van der Waals surface area (Å²) in [5.74, 6) is -0.773. The molecule has 2 heterocycles. The van der Waals surface area contributed by atoms with Crippen molar-refractivity contribution in [3.05, 3.63) is 133 Å². The van der Waals surface area contributed by atoms with E-state index in [0.29, 0.717) is 27.5 Å². The molecule has 9 rings (SSSR count). The van der Waals surface area contributed by atoms with Gasteiger partial charge in [-0.25, -0.2) is 0 Å². The third-order valence-electron chi connectivity index (χ3n) is 7.33. The van der Waals surface area contributed by atoms with Gasteiger partial charge in [0.1, 0.15) is 22.7 Å². The zero-order valence-electron chi connectivity index (χ0n) is 33.5. The molecule has 0 spiro atoms. The fourth-order valence-corrected chi connectivity index (χ4v) is 5.59. The molecule has 0 atom stereocenters. The van der Waals surface area contributed by atoms with Crippen molar-refractivity contribution in [1.29, 1.82) is 0 Å². The molecule has 8 aromatic rings. The molecule has 1 aliphatic rings. The van der Waals surface area contributed by atoms with Crippen LogP contribution < -0.4 is 4.74 Å². The van der Waals surface area contributed by atoms with E-state index in [4.69, 9.17) is 22.9 Å². The zero-order chi connectivity index (χ0) is 37.5. The van der Waals surface area contributed by atoms with E-state index >= 15 is 0 Å². The van der Waals surface area contributed by atoms with Crippen molar-refractivity contribution in [2.24, 2.45) is 0 Å². The second kappa shape index (κ2) is 8.08. The second-order valence-corrected chi connectivity index (χ2v) is 9.49. The van der Waals surface area contributed by atoms with Crippen LogP contribution in [-0.2, 0) is 0 Å². The van der Waals surface area contributed by atoms with E-state index in [2.05, 4.69) is 0 Å². The maximum atomic E-state index is 9.35. The van der Waals surface area contributed by atoms with Crippen LogP contribution in [0.3, 0.4) is 0 Å². The summed E-state index contributed by atoms with van der Waals surface area (Å²) in [6, 6.07) is 8.78. The van der Waals surface area contributed by atoms with Gasteiger partial charge < -0.3 is 9.15 Å². The first-order valence-corrected chi connectivity index (χ1v) is 12.5. The Morgan fingerprint density at radius 1 is 0.450 bits per heavy atom. The predicted molar refractivity (Wildman–Crippen MR) is 165 cm³/mol. The van der Waals surface area contributed by atoms with Crippen molar-refractivity contribution in [2.45, 2.75) is 0 Å². The summed E-state index contributed by atoms with van der Waals surface area (Å²) in [7, 11) is 0. The lowest BCUT2D eigenvalue weighted by atomic mass is 9.87. The van der Waals surface area contributed by atoms with Crippen LogP contribution in [-0.4, -0.2) is 0 Å². The Labute approximate surface area is 248 Å². The number of hydrogen-bond donors (Lipinski definition) is 0. The Bertz CT molecular complexity index is 3020. The Morgan fingerprint density at radius 3 is 2.08 bits per heavy atom. The largest absolute Gasteiger partial charge is 0.456 e. The number of furan rings is 1. The molecule has 40 heavy (non-hydrogen) atoms. The normalized spacial score (nSPS) is 16.8. The predicted octanol–water partition coefficient (Wildman–Crippen LogP) is 11.0. The van der Waals surface area contributed by atoms with Gasteiger partial charge in [-0.05, 0) is 74.3 Å². The minimum Gasteiger partial charge on any atom is -0.456 e. The molecule has 2 nitrogen and oxygen atoms in total. The molecule has 1 aromatic heterocycles. The first kappa shape index (κ1) is 12.7. The standard InChI is InChI=1S/C38H22O2/c1-2-10-24-22-36-32(21-23(24)9-1)38-29(16-8-18-34(38)40-36)26-12-4-3-11-25(26)27-19-20-35-37-30(27)14-7-15-31(37)28-13-5-6-17-33(28)39-35/h1-22H/i3D,4D,5D,6D,7D,11D,12D,13D,14D,15D,17D,19D,20D. The van der Waals surface area contributed by atoms with Crippen molar-refractivity contribution in [3.8, 4) is 44.9 Å². The molecule has 0 radical (unpaired) electrons. The lowest BCUT2D eigenvalue weighted by molar-refractivity contribution is 0.487. The molecule has 0 amide bonds. The molecule has 0 saturated heterocycles. The van der Waals surface area contributed by atoms with Gasteiger partial charge in [0.25, 0.3) is 0 Å². The lowest BCUT2D eigenvalue weighted by Crippen LogP contribution is -1.98. The van der Waals surface area contributed by atoms with Crippen LogP contribution in [0.4, 0.5) is 0 Å². The topological polar surface area (TPSA) is 22.4 Å². The Balaban J connectivity index is 1.49. The number of hydrogen-bond acceptors (Lipinski definition) is 2. The monoisotopic (exact) mass is 523 g/mol. The van der Waals surface area contributed by atoms with E-state index in [9.17, 15) is 4.11 Å². The number of fused-ring (bicyclic) bond motifs is 6. The van der Waals surface area contributed by atoms with E-state index in [0.717, 1.165) is 10.8 Å². The molecule has 0 aliphatic carbocycles. The van der Waals surface area contributed by atoms with Crippen LogP contribution in [0.2, 0.25) is 0 Å². The number of ether oxygens (including phenoxy) is 1. The third kappa shape index (κ3) is 2.99. The summed E-state index contributed by atoms with van der Waals surface area (Å²) < 4.78 is 127. The summed E-state index contributed by atoms with van der Waals surface area (Å²) in [6.07, 6.45) is 0. The zero-order valence-corrected chi connectivity index (χ0v) is 20.5. The van der Waals surface area contributed by atoms with Crippen LogP contribution in [0.1, 0.15) is 17.8 Å². The first-order valence-electron chi connectivity index (χ1n) is 19.0. The van der Waals surface area contributed by atoms with E-state index in [1.54, 1.807) is 18.2 Å². The Hall–Kier alpha value is -5.34. The summed E-state index contributed by atoms with van der Waals surface area (Å²) in [5.41, 5.74) is 0.216. The van der Waals surface area contributed by atoms with Crippen molar-refractivity contribution >= 4 is 43.5 Å². The highest BCUT2D eigenvalue weighted by Gasteiger charge is 2.22. The molecule has 0 unspecified atom stereocenters. The molecule has 0 saturated carbocycles. The van der Waals surface area contributed by atoms with Crippen LogP contribution in [0.5, 0.6) is 11.5 Å². The molecule has 0 N–H and O–H groups in total. The van der Waals surface area contributed by atoms with Gasteiger partial charge in [0.2, 0.25) is 0 Å². The number of benzene rings is 7. The minimum atomic E-state index is -0.658.